The van der Waals surface area contributed by atoms with E-state index in [2.05, 4.69) is 25.7 Å². The molecule has 4 rings (SSSR count). The zero-order chi connectivity index (χ0) is 17.5. The number of alkyl halides is 1. The van der Waals surface area contributed by atoms with E-state index < -0.39 is 10.8 Å². The molecule has 0 saturated heterocycles. The van der Waals surface area contributed by atoms with E-state index in [0.717, 1.165) is 17.7 Å². The van der Waals surface area contributed by atoms with Crippen LogP contribution in [0.2, 0.25) is 0 Å². The largest absolute Gasteiger partial charge is 0.325 e. The smallest absolute Gasteiger partial charge is 0.236 e. The molecule has 0 aromatic heterocycles. The van der Waals surface area contributed by atoms with Gasteiger partial charge in [-0.2, -0.15) is 0 Å². The van der Waals surface area contributed by atoms with Gasteiger partial charge in [-0.15, -0.1) is 18.2 Å². The van der Waals surface area contributed by atoms with Crippen LogP contribution in [0.1, 0.15) is 32.8 Å². The fourth-order valence-corrected chi connectivity index (χ4v) is 5.93. The first-order chi connectivity index (χ1) is 11.2. The molecule has 1 spiro atoms. The van der Waals surface area contributed by atoms with Crippen molar-refractivity contribution < 1.29 is 9.59 Å². The van der Waals surface area contributed by atoms with Crippen LogP contribution in [0.3, 0.4) is 0 Å². The number of carbonyl (C=O) groups is 2. The highest BCUT2D eigenvalue weighted by Crippen LogP contribution is 2.72. The monoisotopic (exact) mass is 343 g/mol. The van der Waals surface area contributed by atoms with Crippen LogP contribution >= 0.6 is 11.6 Å². The molecule has 3 nitrogen and oxygen atoms in total. The third-order valence-electron chi connectivity index (χ3n) is 7.12. The molecule has 5 atom stereocenters. The highest BCUT2D eigenvalue weighted by Gasteiger charge is 2.78. The van der Waals surface area contributed by atoms with E-state index in [0.29, 0.717) is 0 Å². The Balaban J connectivity index is 1.93. The van der Waals surface area contributed by atoms with Gasteiger partial charge >= 0.3 is 0 Å². The Morgan fingerprint density at radius 1 is 1.25 bits per heavy atom. The number of amides is 1. The van der Waals surface area contributed by atoms with Gasteiger partial charge in [0, 0.05) is 17.0 Å². The second-order valence-electron chi connectivity index (χ2n) is 8.17. The minimum Gasteiger partial charge on any atom is -0.325 e. The van der Waals surface area contributed by atoms with Gasteiger partial charge in [0.25, 0.3) is 0 Å². The molecule has 1 heterocycles. The number of hydrogen-bond acceptors (Lipinski definition) is 2. The van der Waals surface area contributed by atoms with Crippen molar-refractivity contribution >= 4 is 29.0 Å². The van der Waals surface area contributed by atoms with Gasteiger partial charge in [0.2, 0.25) is 5.91 Å². The predicted octanol–water partition coefficient (Wildman–Crippen LogP) is 3.92. The summed E-state index contributed by atoms with van der Waals surface area (Å²) in [5.74, 6) is -0.228. The minimum atomic E-state index is -0.799. The lowest BCUT2D eigenvalue weighted by Crippen LogP contribution is -2.75. The first-order valence-electron chi connectivity index (χ1n) is 8.46. The number of benzene rings is 1. The van der Waals surface area contributed by atoms with Gasteiger partial charge in [0.05, 0.1) is 10.8 Å². The summed E-state index contributed by atoms with van der Waals surface area (Å²) in [7, 11) is 0. The number of para-hydroxylation sites is 1. The molecule has 1 amide bonds. The normalized spacial score (nSPS) is 42.1. The number of allylic oxidation sites excluding steroid dienone is 1. The van der Waals surface area contributed by atoms with Gasteiger partial charge in [-0.1, -0.05) is 38.1 Å². The van der Waals surface area contributed by atoms with Crippen molar-refractivity contribution in [3.63, 3.8) is 0 Å². The van der Waals surface area contributed by atoms with Crippen molar-refractivity contribution in [2.75, 3.05) is 5.32 Å². The van der Waals surface area contributed by atoms with Gasteiger partial charge in [0.1, 0.15) is 5.78 Å². The SMILES string of the molecule is C=C[C@@]1(C)C(=O)[C@@H]2[C@H](C[C@H]1Cl)C(C)(C)[C@@]21C(=O)Nc2ccccc21. The number of ketones is 1. The zero-order valence-electron chi connectivity index (χ0n) is 14.2. The molecule has 1 aliphatic heterocycles. The summed E-state index contributed by atoms with van der Waals surface area (Å²) < 4.78 is 0. The molecule has 0 bridgehead atoms. The van der Waals surface area contributed by atoms with E-state index in [4.69, 9.17) is 11.6 Å². The number of hydrogen-bond donors (Lipinski definition) is 1. The molecule has 1 aromatic carbocycles. The van der Waals surface area contributed by atoms with E-state index >= 15 is 0 Å². The fourth-order valence-electron chi connectivity index (χ4n) is 5.54. The molecule has 2 saturated carbocycles. The molecule has 2 aliphatic carbocycles. The lowest BCUT2D eigenvalue weighted by Gasteiger charge is -2.68. The summed E-state index contributed by atoms with van der Waals surface area (Å²) in [5, 5.41) is 2.73. The maximum Gasteiger partial charge on any atom is 0.236 e. The van der Waals surface area contributed by atoms with Crippen molar-refractivity contribution in [3.05, 3.63) is 42.5 Å². The maximum absolute atomic E-state index is 13.4. The molecule has 24 heavy (non-hydrogen) atoms. The number of halogens is 1. The van der Waals surface area contributed by atoms with Gasteiger partial charge in [-0.3, -0.25) is 9.59 Å². The van der Waals surface area contributed by atoms with Crippen molar-refractivity contribution in [2.45, 2.75) is 38.0 Å². The van der Waals surface area contributed by atoms with Crippen LogP contribution in [-0.4, -0.2) is 17.1 Å². The molecular formula is C20H22ClNO2. The van der Waals surface area contributed by atoms with Crippen molar-refractivity contribution in [2.24, 2.45) is 22.7 Å². The zero-order valence-corrected chi connectivity index (χ0v) is 15.0. The molecule has 4 heteroatoms. The predicted molar refractivity (Wildman–Crippen MR) is 95.1 cm³/mol. The van der Waals surface area contributed by atoms with E-state index in [9.17, 15) is 9.59 Å². The Bertz CT molecular complexity index is 786. The third-order valence-corrected chi connectivity index (χ3v) is 7.75. The Morgan fingerprint density at radius 2 is 1.92 bits per heavy atom. The number of nitrogens with one attached hydrogen (secondary N) is 1. The first kappa shape index (κ1) is 15.9. The van der Waals surface area contributed by atoms with Crippen LogP contribution < -0.4 is 5.32 Å². The Labute approximate surface area is 147 Å². The summed E-state index contributed by atoms with van der Waals surface area (Å²) in [6.07, 6.45) is 2.39. The molecule has 1 N–H and O–H groups in total. The molecule has 126 valence electrons. The van der Waals surface area contributed by atoms with E-state index in [1.165, 1.54) is 0 Å². The average molecular weight is 344 g/mol. The summed E-state index contributed by atoms with van der Waals surface area (Å²) >= 11 is 6.58. The van der Waals surface area contributed by atoms with Crippen LogP contribution in [0, 0.1) is 22.7 Å². The van der Waals surface area contributed by atoms with E-state index in [1.54, 1.807) is 6.08 Å². The summed E-state index contributed by atoms with van der Waals surface area (Å²) in [6, 6.07) is 7.74. The van der Waals surface area contributed by atoms with Gasteiger partial charge in [-0.05, 0) is 36.3 Å². The second-order valence-corrected chi connectivity index (χ2v) is 8.69. The molecule has 1 aromatic rings. The summed E-state index contributed by atoms with van der Waals surface area (Å²) in [4.78, 5) is 26.5. The molecule has 2 fully saturated rings. The minimum absolute atomic E-state index is 0.0530. The average Bonchev–Trinajstić information content (AvgIpc) is 2.86. The lowest BCUT2D eigenvalue weighted by atomic mass is 9.33. The topological polar surface area (TPSA) is 46.2 Å². The van der Waals surface area contributed by atoms with Crippen LogP contribution in [0.4, 0.5) is 5.69 Å². The summed E-state index contributed by atoms with van der Waals surface area (Å²) in [5.41, 5.74) is -0.125. The van der Waals surface area contributed by atoms with Crippen LogP contribution in [0.5, 0.6) is 0 Å². The molecule has 0 unspecified atom stereocenters. The third kappa shape index (κ3) is 1.42. The number of anilines is 1. The van der Waals surface area contributed by atoms with Gasteiger partial charge < -0.3 is 5.32 Å². The van der Waals surface area contributed by atoms with E-state index in [-0.39, 0.29) is 34.3 Å². The Hall–Kier alpha value is -1.61. The summed E-state index contributed by atoms with van der Waals surface area (Å²) in [6.45, 7) is 9.91. The molecule has 0 radical (unpaired) electrons. The van der Waals surface area contributed by atoms with Crippen LogP contribution in [-0.2, 0) is 15.0 Å². The quantitative estimate of drug-likeness (QED) is 0.620. The lowest BCUT2D eigenvalue weighted by molar-refractivity contribution is -0.184. The molecular weight excluding hydrogens is 322 g/mol. The number of Topliss-reactive ketones (excluding diaryl/α,β-unsaturated/α-hetero) is 1. The molecule has 3 aliphatic rings. The number of rotatable bonds is 1. The number of carbonyl (C=O) groups excluding carboxylic acids is 2. The standard InChI is InChI=1S/C20H22ClNO2/c1-5-19(4)14(21)10-12-15(16(19)23)20(18(12,2)3)11-8-6-7-9-13(11)22-17(20)24/h5-9,12,14-15H,1,10H2,2-4H3,(H,22,24)/t12-,14+,15-,19+,20+/m0/s1. The maximum atomic E-state index is 13.4. The van der Waals surface area contributed by atoms with E-state index in [1.807, 2.05) is 31.2 Å². The Morgan fingerprint density at radius 3 is 2.58 bits per heavy atom. The second kappa shape index (κ2) is 4.51. The fraction of sp³-hybridized carbons (Fsp3) is 0.500. The first-order valence-corrected chi connectivity index (χ1v) is 8.89. The van der Waals surface area contributed by atoms with Crippen LogP contribution in [0.25, 0.3) is 0 Å². The van der Waals surface area contributed by atoms with Crippen LogP contribution in [0.15, 0.2) is 36.9 Å². The highest BCUT2D eigenvalue weighted by molar-refractivity contribution is 6.24. The van der Waals surface area contributed by atoms with Crippen molar-refractivity contribution in [1.82, 2.24) is 0 Å². The number of fused-ring (bicyclic) bond motifs is 4. The van der Waals surface area contributed by atoms with Crippen molar-refractivity contribution in [1.29, 1.82) is 0 Å². The van der Waals surface area contributed by atoms with Crippen molar-refractivity contribution in [3.8, 4) is 0 Å². The van der Waals surface area contributed by atoms with Gasteiger partial charge in [-0.25, -0.2) is 0 Å². The Kier molecular flexibility index (Phi) is 2.99. The highest BCUT2D eigenvalue weighted by atomic mass is 35.5. The van der Waals surface area contributed by atoms with Gasteiger partial charge in [0.15, 0.2) is 0 Å².